The van der Waals surface area contributed by atoms with Crippen LogP contribution < -0.4 is 11.3 Å². The maximum absolute atomic E-state index is 11.7. The van der Waals surface area contributed by atoms with Gasteiger partial charge in [0, 0.05) is 6.04 Å². The molecule has 3 N–H and O–H groups in total. The van der Waals surface area contributed by atoms with Gasteiger partial charge < -0.3 is 4.74 Å². The quantitative estimate of drug-likeness (QED) is 0.519. The lowest BCUT2D eigenvalue weighted by Crippen LogP contribution is -2.43. The van der Waals surface area contributed by atoms with Crippen molar-refractivity contribution in [3.8, 4) is 0 Å². The minimum absolute atomic E-state index is 0.0228. The molecule has 0 saturated carbocycles. The van der Waals surface area contributed by atoms with E-state index >= 15 is 0 Å². The number of hydrogen-bond acceptors (Lipinski definition) is 3. The van der Waals surface area contributed by atoms with E-state index in [1.807, 2.05) is 13.8 Å². The summed E-state index contributed by atoms with van der Waals surface area (Å²) in [6.45, 7) is 2.60. The van der Waals surface area contributed by atoms with Crippen LogP contribution in [0.25, 0.3) is 0 Å². The molecule has 0 aromatic carbocycles. The van der Waals surface area contributed by atoms with Crippen LogP contribution in [0.15, 0.2) is 0 Å². The maximum atomic E-state index is 11.7. The van der Waals surface area contributed by atoms with Crippen LogP contribution in [-0.2, 0) is 4.74 Å². The Morgan fingerprint density at radius 2 is 2.00 bits per heavy atom. The number of alkyl halides is 3. The van der Waals surface area contributed by atoms with E-state index < -0.39 is 12.8 Å². The minimum Gasteiger partial charge on any atom is -0.370 e. The van der Waals surface area contributed by atoms with Crippen LogP contribution >= 0.6 is 0 Å². The highest BCUT2D eigenvalue weighted by Gasteiger charge is 2.28. The Labute approximate surface area is 81.8 Å². The van der Waals surface area contributed by atoms with Gasteiger partial charge in [0.2, 0.25) is 0 Å². The minimum atomic E-state index is -4.27. The first-order valence-corrected chi connectivity index (χ1v) is 4.51. The summed E-state index contributed by atoms with van der Waals surface area (Å²) >= 11 is 0. The maximum Gasteiger partial charge on any atom is 0.411 e. The molecular formula is C8H17F3N2O. The Balaban J connectivity index is 3.74. The van der Waals surface area contributed by atoms with Crippen molar-refractivity contribution in [2.75, 3.05) is 13.2 Å². The number of ether oxygens (including phenoxy) is 1. The van der Waals surface area contributed by atoms with Crippen molar-refractivity contribution in [1.29, 1.82) is 0 Å². The summed E-state index contributed by atoms with van der Waals surface area (Å²) in [5.74, 6) is 5.38. The predicted molar refractivity (Wildman–Crippen MR) is 47.4 cm³/mol. The molecule has 6 heteroatoms. The van der Waals surface area contributed by atoms with E-state index in [1.165, 1.54) is 0 Å². The monoisotopic (exact) mass is 214 g/mol. The Bertz CT molecular complexity index is 152. The molecule has 0 aliphatic rings. The van der Waals surface area contributed by atoms with Gasteiger partial charge >= 0.3 is 6.18 Å². The number of halogens is 3. The van der Waals surface area contributed by atoms with Crippen LogP contribution in [0.1, 0.15) is 20.3 Å². The third-order valence-electron chi connectivity index (χ3n) is 2.11. The van der Waals surface area contributed by atoms with E-state index in [-0.39, 0.29) is 18.6 Å². The first-order chi connectivity index (χ1) is 6.40. The number of rotatable bonds is 6. The van der Waals surface area contributed by atoms with E-state index in [0.717, 1.165) is 6.42 Å². The van der Waals surface area contributed by atoms with Crippen molar-refractivity contribution in [3.63, 3.8) is 0 Å². The largest absolute Gasteiger partial charge is 0.411 e. The van der Waals surface area contributed by atoms with Gasteiger partial charge in [-0.05, 0) is 5.92 Å². The van der Waals surface area contributed by atoms with Crippen molar-refractivity contribution in [2.45, 2.75) is 32.5 Å². The smallest absolute Gasteiger partial charge is 0.370 e. The lowest BCUT2D eigenvalue weighted by molar-refractivity contribution is -0.176. The highest BCUT2D eigenvalue weighted by Crippen LogP contribution is 2.15. The SMILES string of the molecule is CCC(C)C(COCC(F)(F)F)NN. The summed E-state index contributed by atoms with van der Waals surface area (Å²) in [6.07, 6.45) is -3.43. The fourth-order valence-corrected chi connectivity index (χ4v) is 0.963. The van der Waals surface area contributed by atoms with Gasteiger partial charge in [-0.3, -0.25) is 11.3 Å². The molecule has 14 heavy (non-hydrogen) atoms. The number of nitrogens with two attached hydrogens (primary N) is 1. The second-order valence-electron chi connectivity index (χ2n) is 3.29. The van der Waals surface area contributed by atoms with E-state index in [1.54, 1.807) is 0 Å². The van der Waals surface area contributed by atoms with E-state index in [9.17, 15) is 13.2 Å². The second-order valence-corrected chi connectivity index (χ2v) is 3.29. The van der Waals surface area contributed by atoms with E-state index in [2.05, 4.69) is 10.2 Å². The standard InChI is InChI=1S/C8H17F3N2O/c1-3-6(2)7(13-12)4-14-5-8(9,10)11/h6-7,13H,3-5,12H2,1-2H3. The molecule has 0 aliphatic heterocycles. The first kappa shape index (κ1) is 13.7. The van der Waals surface area contributed by atoms with Gasteiger partial charge in [-0.15, -0.1) is 0 Å². The molecule has 0 fully saturated rings. The summed E-state index contributed by atoms with van der Waals surface area (Å²) in [5, 5.41) is 0. The zero-order chi connectivity index (χ0) is 11.2. The summed E-state index contributed by atoms with van der Waals surface area (Å²) in [6, 6.07) is -0.234. The zero-order valence-corrected chi connectivity index (χ0v) is 8.40. The Morgan fingerprint density at radius 3 is 2.36 bits per heavy atom. The Kier molecular flexibility index (Phi) is 6.06. The van der Waals surface area contributed by atoms with Gasteiger partial charge in [-0.25, -0.2) is 0 Å². The zero-order valence-electron chi connectivity index (χ0n) is 8.40. The highest BCUT2D eigenvalue weighted by atomic mass is 19.4. The molecule has 0 aromatic rings. The molecule has 0 bridgehead atoms. The third-order valence-corrected chi connectivity index (χ3v) is 2.11. The van der Waals surface area contributed by atoms with E-state index in [0.29, 0.717) is 0 Å². The molecule has 0 aliphatic carbocycles. The number of hydrogen-bond donors (Lipinski definition) is 2. The highest BCUT2D eigenvalue weighted by molar-refractivity contribution is 4.69. The number of nitrogens with one attached hydrogen (secondary N) is 1. The van der Waals surface area contributed by atoms with Crippen molar-refractivity contribution < 1.29 is 17.9 Å². The molecule has 0 spiro atoms. The summed E-state index contributed by atoms with van der Waals surface area (Å²) < 4.78 is 39.7. The molecule has 0 amide bonds. The molecule has 2 atom stereocenters. The first-order valence-electron chi connectivity index (χ1n) is 4.51. The van der Waals surface area contributed by atoms with Crippen LogP contribution in [-0.4, -0.2) is 25.4 Å². The Morgan fingerprint density at radius 1 is 1.43 bits per heavy atom. The predicted octanol–water partition coefficient (Wildman–Crippen LogP) is 1.44. The molecule has 2 unspecified atom stereocenters. The molecule has 3 nitrogen and oxygen atoms in total. The van der Waals surface area contributed by atoms with Crippen LogP contribution in [0.5, 0.6) is 0 Å². The lowest BCUT2D eigenvalue weighted by atomic mass is 10.0. The third kappa shape index (κ3) is 6.17. The number of hydrazine groups is 1. The van der Waals surface area contributed by atoms with Gasteiger partial charge in [-0.2, -0.15) is 13.2 Å². The van der Waals surface area contributed by atoms with Crippen molar-refractivity contribution in [3.05, 3.63) is 0 Å². The second kappa shape index (κ2) is 6.21. The van der Waals surface area contributed by atoms with Crippen molar-refractivity contribution in [2.24, 2.45) is 11.8 Å². The van der Waals surface area contributed by atoms with Gasteiger partial charge in [0.05, 0.1) is 6.61 Å². The molecule has 0 radical (unpaired) electrons. The van der Waals surface area contributed by atoms with Crippen molar-refractivity contribution >= 4 is 0 Å². The van der Waals surface area contributed by atoms with Gasteiger partial charge in [-0.1, -0.05) is 20.3 Å². The summed E-state index contributed by atoms with van der Waals surface area (Å²) in [5.41, 5.74) is 2.45. The fraction of sp³-hybridized carbons (Fsp3) is 1.00. The normalized spacial score (nSPS) is 16.7. The average molecular weight is 214 g/mol. The Hall–Kier alpha value is -0.330. The van der Waals surface area contributed by atoms with E-state index in [4.69, 9.17) is 5.84 Å². The molecular weight excluding hydrogens is 197 g/mol. The fourth-order valence-electron chi connectivity index (χ4n) is 0.963. The summed E-state index contributed by atoms with van der Waals surface area (Å²) in [7, 11) is 0. The molecule has 86 valence electrons. The van der Waals surface area contributed by atoms with Gasteiger partial charge in [0.25, 0.3) is 0 Å². The lowest BCUT2D eigenvalue weighted by Gasteiger charge is -2.22. The van der Waals surface area contributed by atoms with Crippen LogP contribution in [0.3, 0.4) is 0 Å². The van der Waals surface area contributed by atoms with Crippen LogP contribution in [0, 0.1) is 5.92 Å². The molecule has 0 aromatic heterocycles. The van der Waals surface area contributed by atoms with Gasteiger partial charge in [0.1, 0.15) is 6.61 Å². The molecule has 0 saturated heterocycles. The topological polar surface area (TPSA) is 47.3 Å². The average Bonchev–Trinajstić information content (AvgIpc) is 2.09. The van der Waals surface area contributed by atoms with Crippen molar-refractivity contribution in [1.82, 2.24) is 5.43 Å². The molecule has 0 rings (SSSR count). The summed E-state index contributed by atoms with van der Waals surface area (Å²) in [4.78, 5) is 0. The molecule has 0 heterocycles. The van der Waals surface area contributed by atoms with Gasteiger partial charge in [0.15, 0.2) is 0 Å². The van der Waals surface area contributed by atoms with Crippen LogP contribution in [0.2, 0.25) is 0 Å². The van der Waals surface area contributed by atoms with Crippen LogP contribution in [0.4, 0.5) is 13.2 Å².